The fourth-order valence-corrected chi connectivity index (χ4v) is 1.24. The molecule has 0 amide bonds. The second-order valence-corrected chi connectivity index (χ2v) is 4.65. The van der Waals surface area contributed by atoms with Crippen LogP contribution in [0.15, 0.2) is 18.3 Å². The van der Waals surface area contributed by atoms with Crippen LogP contribution in [0.5, 0.6) is 0 Å². The minimum Gasteiger partial charge on any atom is -0.388 e. The van der Waals surface area contributed by atoms with Gasteiger partial charge >= 0.3 is 0 Å². The van der Waals surface area contributed by atoms with E-state index < -0.39 is 0 Å². The van der Waals surface area contributed by atoms with E-state index in [9.17, 15) is 0 Å². The lowest BCUT2D eigenvalue weighted by molar-refractivity contribution is 0.737. The summed E-state index contributed by atoms with van der Waals surface area (Å²) in [5.41, 5.74) is 3.39. The number of nitrogens with one attached hydrogen (secondary N) is 1. The molecule has 1 N–H and O–H groups in total. The molecular formula is C15H26N2. The van der Waals surface area contributed by atoms with E-state index in [0.717, 1.165) is 23.7 Å². The summed E-state index contributed by atoms with van der Waals surface area (Å²) < 4.78 is 0. The van der Waals surface area contributed by atoms with Crippen LogP contribution < -0.4 is 5.32 Å². The molecule has 1 aromatic heterocycles. The second-order valence-electron chi connectivity index (χ2n) is 4.65. The summed E-state index contributed by atoms with van der Waals surface area (Å²) in [5, 5.41) is 3.15. The van der Waals surface area contributed by atoms with Gasteiger partial charge in [-0.25, -0.2) is 0 Å². The third-order valence-corrected chi connectivity index (χ3v) is 1.98. The SMILES string of the molecule is CC(C)C.CC/C=C\c1c(NC)ccnc1C. The number of anilines is 1. The van der Waals surface area contributed by atoms with Crippen molar-refractivity contribution >= 4 is 11.8 Å². The zero-order chi connectivity index (χ0) is 13.3. The molecule has 2 heteroatoms. The summed E-state index contributed by atoms with van der Waals surface area (Å²) >= 11 is 0. The molecule has 0 saturated heterocycles. The molecule has 0 spiro atoms. The first-order valence-electron chi connectivity index (χ1n) is 6.32. The van der Waals surface area contributed by atoms with Gasteiger partial charge in [0.05, 0.1) is 0 Å². The van der Waals surface area contributed by atoms with Crippen LogP contribution in [0.25, 0.3) is 6.08 Å². The Morgan fingerprint density at radius 2 is 1.94 bits per heavy atom. The van der Waals surface area contributed by atoms with E-state index in [4.69, 9.17) is 0 Å². The van der Waals surface area contributed by atoms with Crippen molar-refractivity contribution in [3.8, 4) is 0 Å². The Labute approximate surface area is 106 Å². The van der Waals surface area contributed by atoms with E-state index in [-0.39, 0.29) is 0 Å². The average Bonchev–Trinajstić information content (AvgIpc) is 2.26. The van der Waals surface area contributed by atoms with Crippen LogP contribution in [0.1, 0.15) is 45.4 Å². The maximum Gasteiger partial charge on any atom is 0.0465 e. The number of allylic oxidation sites excluding steroid dienone is 1. The van der Waals surface area contributed by atoms with Crippen molar-refractivity contribution < 1.29 is 0 Å². The summed E-state index contributed by atoms with van der Waals surface area (Å²) in [7, 11) is 1.93. The second kappa shape index (κ2) is 8.80. The molecule has 17 heavy (non-hydrogen) atoms. The first kappa shape index (κ1) is 15.7. The maximum absolute atomic E-state index is 4.25. The lowest BCUT2D eigenvalue weighted by Crippen LogP contribution is -1.95. The van der Waals surface area contributed by atoms with E-state index in [1.807, 2.05) is 26.2 Å². The Balaban J connectivity index is 0.000000557. The highest BCUT2D eigenvalue weighted by Gasteiger charge is 2.00. The van der Waals surface area contributed by atoms with E-state index >= 15 is 0 Å². The smallest absolute Gasteiger partial charge is 0.0465 e. The molecule has 0 radical (unpaired) electrons. The number of rotatable bonds is 3. The van der Waals surface area contributed by atoms with Crippen LogP contribution in [-0.4, -0.2) is 12.0 Å². The van der Waals surface area contributed by atoms with Crippen LogP contribution in [0.3, 0.4) is 0 Å². The van der Waals surface area contributed by atoms with Gasteiger partial charge < -0.3 is 5.32 Å². The lowest BCUT2D eigenvalue weighted by atomic mass is 10.1. The van der Waals surface area contributed by atoms with Gasteiger partial charge in [-0.15, -0.1) is 0 Å². The van der Waals surface area contributed by atoms with Gasteiger partial charge in [-0.3, -0.25) is 4.98 Å². The van der Waals surface area contributed by atoms with Gasteiger partial charge in [0, 0.05) is 30.2 Å². The Morgan fingerprint density at radius 3 is 2.41 bits per heavy atom. The Hall–Kier alpha value is -1.31. The normalized spacial score (nSPS) is 10.3. The van der Waals surface area contributed by atoms with Gasteiger partial charge in [0.2, 0.25) is 0 Å². The van der Waals surface area contributed by atoms with E-state index in [1.54, 1.807) is 0 Å². The quantitative estimate of drug-likeness (QED) is 0.832. The fraction of sp³-hybridized carbons (Fsp3) is 0.533. The Morgan fingerprint density at radius 1 is 1.35 bits per heavy atom. The van der Waals surface area contributed by atoms with Gasteiger partial charge in [-0.05, 0) is 25.3 Å². The number of pyridine rings is 1. The van der Waals surface area contributed by atoms with Crippen molar-refractivity contribution in [3.05, 3.63) is 29.6 Å². The summed E-state index contributed by atoms with van der Waals surface area (Å²) in [6.45, 7) is 10.7. The van der Waals surface area contributed by atoms with Gasteiger partial charge in [0.15, 0.2) is 0 Å². The number of aryl methyl sites for hydroxylation is 1. The van der Waals surface area contributed by atoms with Gasteiger partial charge in [0.25, 0.3) is 0 Å². The van der Waals surface area contributed by atoms with E-state index in [2.05, 4.69) is 50.1 Å². The van der Waals surface area contributed by atoms with Crippen molar-refractivity contribution in [3.63, 3.8) is 0 Å². The number of hydrogen-bond donors (Lipinski definition) is 1. The van der Waals surface area contributed by atoms with Crippen LogP contribution in [0.4, 0.5) is 5.69 Å². The summed E-state index contributed by atoms with van der Waals surface area (Å²) in [6, 6.07) is 1.99. The van der Waals surface area contributed by atoms with Crippen molar-refractivity contribution in [2.45, 2.75) is 41.0 Å². The molecule has 0 unspecified atom stereocenters. The third kappa shape index (κ3) is 6.77. The molecule has 0 atom stereocenters. The highest BCUT2D eigenvalue weighted by Crippen LogP contribution is 2.18. The highest BCUT2D eigenvalue weighted by molar-refractivity contribution is 5.67. The maximum atomic E-state index is 4.25. The highest BCUT2D eigenvalue weighted by atomic mass is 14.8. The van der Waals surface area contributed by atoms with Crippen LogP contribution >= 0.6 is 0 Å². The van der Waals surface area contributed by atoms with Crippen molar-refractivity contribution in [1.29, 1.82) is 0 Å². The topological polar surface area (TPSA) is 24.9 Å². The zero-order valence-electron chi connectivity index (χ0n) is 12.0. The van der Waals surface area contributed by atoms with Crippen LogP contribution in [-0.2, 0) is 0 Å². The van der Waals surface area contributed by atoms with Gasteiger partial charge in [0.1, 0.15) is 0 Å². The number of aromatic nitrogens is 1. The molecule has 2 nitrogen and oxygen atoms in total. The summed E-state index contributed by atoms with van der Waals surface area (Å²) in [6.07, 6.45) is 7.14. The Kier molecular flexibility index (Phi) is 8.12. The molecule has 96 valence electrons. The van der Waals surface area contributed by atoms with Crippen molar-refractivity contribution in [2.75, 3.05) is 12.4 Å². The van der Waals surface area contributed by atoms with Crippen LogP contribution in [0, 0.1) is 12.8 Å². The first-order chi connectivity index (χ1) is 8.02. The third-order valence-electron chi connectivity index (χ3n) is 1.98. The molecule has 1 heterocycles. The molecule has 0 aliphatic heterocycles. The van der Waals surface area contributed by atoms with Crippen molar-refractivity contribution in [2.24, 2.45) is 5.92 Å². The predicted molar refractivity (Wildman–Crippen MR) is 78.4 cm³/mol. The van der Waals surface area contributed by atoms with Crippen molar-refractivity contribution in [1.82, 2.24) is 4.98 Å². The predicted octanol–water partition coefficient (Wildman–Crippen LogP) is 4.52. The molecule has 0 aliphatic rings. The molecule has 1 aromatic rings. The molecular weight excluding hydrogens is 208 g/mol. The minimum absolute atomic E-state index is 0.833. The molecule has 0 saturated carbocycles. The standard InChI is InChI=1S/C11H16N2.C4H10/c1-4-5-6-10-9(2)13-8-7-11(10)12-3;1-4(2)3/h5-8H,4H2,1-3H3,(H,12,13);4H,1-3H3/b6-5-;. The monoisotopic (exact) mass is 234 g/mol. The first-order valence-corrected chi connectivity index (χ1v) is 6.32. The van der Waals surface area contributed by atoms with Gasteiger partial charge in [-0.1, -0.05) is 39.8 Å². The fourth-order valence-electron chi connectivity index (χ4n) is 1.24. The minimum atomic E-state index is 0.833. The molecule has 0 aliphatic carbocycles. The number of hydrogen-bond acceptors (Lipinski definition) is 2. The molecule has 0 aromatic carbocycles. The Bertz CT molecular complexity index is 338. The summed E-state index contributed by atoms with van der Waals surface area (Å²) in [4.78, 5) is 4.25. The van der Waals surface area contributed by atoms with Crippen LogP contribution in [0.2, 0.25) is 0 Å². The van der Waals surface area contributed by atoms with Gasteiger partial charge in [-0.2, -0.15) is 0 Å². The largest absolute Gasteiger partial charge is 0.388 e. The molecule has 0 fully saturated rings. The lowest BCUT2D eigenvalue weighted by Gasteiger charge is -2.06. The van der Waals surface area contributed by atoms with E-state index in [1.165, 1.54) is 5.56 Å². The molecule has 0 bridgehead atoms. The summed E-state index contributed by atoms with van der Waals surface area (Å²) in [5.74, 6) is 0.833. The van der Waals surface area contributed by atoms with E-state index in [0.29, 0.717) is 0 Å². The zero-order valence-corrected chi connectivity index (χ0v) is 12.0. The number of nitrogens with zero attached hydrogens (tertiary/aromatic N) is 1. The molecule has 1 rings (SSSR count). The average molecular weight is 234 g/mol.